The molecule has 0 radical (unpaired) electrons. The van der Waals surface area contributed by atoms with Gasteiger partial charge in [-0.1, -0.05) is 17.7 Å². The number of methoxy groups -OCH3 is 1. The van der Waals surface area contributed by atoms with Crippen LogP contribution in [0.1, 0.15) is 5.56 Å². The summed E-state index contributed by atoms with van der Waals surface area (Å²) >= 11 is 6.02. The van der Waals surface area contributed by atoms with Gasteiger partial charge in [-0.05, 0) is 49.0 Å². The Morgan fingerprint density at radius 2 is 1.89 bits per heavy atom. The average Bonchev–Trinajstić information content (AvgIpc) is 2.66. The Labute approximate surface area is 170 Å². The third-order valence-corrected chi connectivity index (χ3v) is 5.54. The molecule has 0 bridgehead atoms. The zero-order valence-electron chi connectivity index (χ0n) is 16.0. The number of halogens is 1. The Hall–Kier alpha value is -2.55. The van der Waals surface area contributed by atoms with E-state index in [1.807, 2.05) is 19.0 Å². The summed E-state index contributed by atoms with van der Waals surface area (Å²) in [5.41, 5.74) is 1.90. The molecule has 0 aromatic heterocycles. The first-order valence-corrected chi connectivity index (χ1v) is 10.1. The molecule has 0 saturated carbocycles. The van der Waals surface area contributed by atoms with Crippen LogP contribution in [-0.2, 0) is 14.8 Å². The molecule has 0 saturated heterocycles. The van der Waals surface area contributed by atoms with Gasteiger partial charge in [0.15, 0.2) is 0 Å². The average molecular weight is 424 g/mol. The fourth-order valence-electron chi connectivity index (χ4n) is 2.46. The minimum Gasteiger partial charge on any atom is -0.495 e. The van der Waals surface area contributed by atoms with E-state index >= 15 is 0 Å². The zero-order chi connectivity index (χ0) is 20.9. The molecule has 7 nitrogen and oxygen atoms in total. The summed E-state index contributed by atoms with van der Waals surface area (Å²) in [6.45, 7) is 0. The second kappa shape index (κ2) is 9.09. The Balaban J connectivity index is 2.26. The number of benzene rings is 2. The minimum atomic E-state index is -3.70. The molecule has 1 amide bonds. The number of ether oxygens (including phenoxy) is 1. The lowest BCUT2D eigenvalue weighted by Gasteiger charge is -2.17. The molecular weight excluding hydrogens is 402 g/mol. The van der Waals surface area contributed by atoms with E-state index in [-0.39, 0.29) is 16.6 Å². The Morgan fingerprint density at radius 3 is 2.50 bits per heavy atom. The molecule has 0 fully saturated rings. The summed E-state index contributed by atoms with van der Waals surface area (Å²) in [6, 6.07) is 9.82. The fourth-order valence-corrected chi connectivity index (χ4v) is 3.56. The van der Waals surface area contributed by atoms with E-state index in [2.05, 4.69) is 10.0 Å². The second-order valence-electron chi connectivity index (χ2n) is 6.00. The van der Waals surface area contributed by atoms with E-state index in [0.29, 0.717) is 16.3 Å². The highest BCUT2D eigenvalue weighted by Gasteiger charge is 2.17. The smallest absolute Gasteiger partial charge is 0.248 e. The van der Waals surface area contributed by atoms with Crippen molar-refractivity contribution in [1.29, 1.82) is 0 Å². The summed E-state index contributed by atoms with van der Waals surface area (Å²) in [5.74, 6) is -0.162. The van der Waals surface area contributed by atoms with Crippen LogP contribution >= 0.6 is 11.6 Å². The van der Waals surface area contributed by atoms with Gasteiger partial charge >= 0.3 is 0 Å². The van der Waals surface area contributed by atoms with Crippen molar-refractivity contribution >= 4 is 45.0 Å². The van der Waals surface area contributed by atoms with Crippen LogP contribution in [0.5, 0.6) is 5.75 Å². The predicted molar refractivity (Wildman–Crippen MR) is 113 cm³/mol. The lowest BCUT2D eigenvalue weighted by molar-refractivity contribution is -0.111. The molecule has 0 atom stereocenters. The number of amides is 1. The van der Waals surface area contributed by atoms with Crippen LogP contribution in [0.3, 0.4) is 0 Å². The Kier molecular flexibility index (Phi) is 7.06. The maximum Gasteiger partial charge on any atom is 0.248 e. The van der Waals surface area contributed by atoms with Gasteiger partial charge < -0.3 is 15.0 Å². The largest absolute Gasteiger partial charge is 0.495 e. The number of anilines is 2. The number of carbonyl (C=O) groups excluding carboxylic acids is 1. The molecule has 0 aliphatic heterocycles. The normalized spacial score (nSPS) is 11.5. The third kappa shape index (κ3) is 5.25. The van der Waals surface area contributed by atoms with Crippen molar-refractivity contribution in [3.63, 3.8) is 0 Å². The fraction of sp³-hybridized carbons (Fsp3) is 0.211. The van der Waals surface area contributed by atoms with Crippen LogP contribution in [0.4, 0.5) is 11.4 Å². The highest BCUT2D eigenvalue weighted by Crippen LogP contribution is 2.28. The van der Waals surface area contributed by atoms with Gasteiger partial charge in [0.1, 0.15) is 10.6 Å². The van der Waals surface area contributed by atoms with Crippen LogP contribution in [0.25, 0.3) is 6.08 Å². The van der Waals surface area contributed by atoms with Gasteiger partial charge in [0.2, 0.25) is 15.9 Å². The number of nitrogens with one attached hydrogen (secondary N) is 2. The lowest BCUT2D eigenvalue weighted by Crippen LogP contribution is -2.19. The topological polar surface area (TPSA) is 87.7 Å². The van der Waals surface area contributed by atoms with E-state index in [0.717, 1.165) is 5.69 Å². The first-order valence-electron chi connectivity index (χ1n) is 8.25. The standard InChI is InChI=1S/C19H22ClN3O4S/c1-21-28(25,26)18-11-13(5-9-17(18)27-4)6-10-19(24)22-15-12-14(20)7-8-16(15)23(2)3/h5-12,21H,1-4H3,(H,22,24)/b10-6+. The maximum atomic E-state index is 12.3. The van der Waals surface area contributed by atoms with Gasteiger partial charge in [-0.3, -0.25) is 4.79 Å². The monoisotopic (exact) mass is 423 g/mol. The van der Waals surface area contributed by atoms with Crippen molar-refractivity contribution in [2.45, 2.75) is 4.90 Å². The molecule has 0 aliphatic rings. The summed E-state index contributed by atoms with van der Waals surface area (Å²) in [5, 5.41) is 3.28. The molecule has 0 heterocycles. The summed E-state index contributed by atoms with van der Waals surface area (Å²) < 4.78 is 31.6. The SMILES string of the molecule is CNS(=O)(=O)c1cc(/C=C/C(=O)Nc2cc(Cl)ccc2N(C)C)ccc1OC. The predicted octanol–water partition coefficient (Wildman–Crippen LogP) is 2.97. The molecular formula is C19H22ClN3O4S. The number of hydrogen-bond acceptors (Lipinski definition) is 5. The summed E-state index contributed by atoms with van der Waals surface area (Å²) in [6.07, 6.45) is 2.83. The van der Waals surface area contributed by atoms with E-state index in [1.165, 1.54) is 38.4 Å². The van der Waals surface area contributed by atoms with Crippen LogP contribution < -0.4 is 19.7 Å². The van der Waals surface area contributed by atoms with Crippen molar-refractivity contribution in [3.05, 3.63) is 53.1 Å². The number of sulfonamides is 1. The third-order valence-electron chi connectivity index (χ3n) is 3.87. The molecule has 2 N–H and O–H groups in total. The second-order valence-corrected chi connectivity index (χ2v) is 8.29. The van der Waals surface area contributed by atoms with Gasteiger partial charge in [-0.2, -0.15) is 0 Å². The zero-order valence-corrected chi connectivity index (χ0v) is 17.6. The first kappa shape index (κ1) is 21.7. The number of nitrogens with zero attached hydrogens (tertiary/aromatic N) is 1. The molecule has 150 valence electrons. The Bertz CT molecular complexity index is 1000. The van der Waals surface area contributed by atoms with E-state index in [1.54, 1.807) is 24.3 Å². The van der Waals surface area contributed by atoms with Crippen molar-refractivity contribution < 1.29 is 17.9 Å². The molecule has 28 heavy (non-hydrogen) atoms. The van der Waals surface area contributed by atoms with Gasteiger partial charge in [0, 0.05) is 25.2 Å². The number of hydrogen-bond donors (Lipinski definition) is 2. The minimum absolute atomic E-state index is 0.00945. The van der Waals surface area contributed by atoms with Gasteiger partial charge in [0.05, 0.1) is 18.5 Å². The van der Waals surface area contributed by atoms with Gasteiger partial charge in [-0.25, -0.2) is 13.1 Å². The Morgan fingerprint density at radius 1 is 1.18 bits per heavy atom. The van der Waals surface area contributed by atoms with Crippen LogP contribution in [0, 0.1) is 0 Å². The molecule has 2 rings (SSSR count). The van der Waals surface area contributed by atoms with Crippen LogP contribution in [0.2, 0.25) is 5.02 Å². The summed E-state index contributed by atoms with van der Waals surface area (Å²) in [4.78, 5) is 14.2. The van der Waals surface area contributed by atoms with Crippen LogP contribution in [-0.4, -0.2) is 42.6 Å². The lowest BCUT2D eigenvalue weighted by atomic mass is 10.2. The highest BCUT2D eigenvalue weighted by molar-refractivity contribution is 7.89. The van der Waals surface area contributed by atoms with Crippen molar-refractivity contribution in [3.8, 4) is 5.75 Å². The van der Waals surface area contributed by atoms with E-state index in [9.17, 15) is 13.2 Å². The first-order chi connectivity index (χ1) is 13.2. The van der Waals surface area contributed by atoms with E-state index < -0.39 is 10.0 Å². The molecule has 2 aromatic carbocycles. The molecule has 9 heteroatoms. The quantitative estimate of drug-likeness (QED) is 0.668. The van der Waals surface area contributed by atoms with E-state index in [4.69, 9.17) is 16.3 Å². The summed E-state index contributed by atoms with van der Waals surface area (Å²) in [7, 11) is 2.72. The number of rotatable bonds is 7. The number of carbonyl (C=O) groups is 1. The molecule has 2 aromatic rings. The maximum absolute atomic E-state index is 12.3. The van der Waals surface area contributed by atoms with Crippen molar-refractivity contribution in [1.82, 2.24) is 4.72 Å². The van der Waals surface area contributed by atoms with Crippen molar-refractivity contribution in [2.75, 3.05) is 38.5 Å². The van der Waals surface area contributed by atoms with Crippen molar-refractivity contribution in [2.24, 2.45) is 0 Å². The van der Waals surface area contributed by atoms with Crippen LogP contribution in [0.15, 0.2) is 47.4 Å². The molecule has 0 aliphatic carbocycles. The van der Waals surface area contributed by atoms with Gasteiger partial charge in [-0.15, -0.1) is 0 Å². The highest BCUT2D eigenvalue weighted by atomic mass is 35.5. The van der Waals surface area contributed by atoms with Gasteiger partial charge in [0.25, 0.3) is 0 Å². The molecule has 0 unspecified atom stereocenters. The molecule has 0 spiro atoms.